The normalized spacial score (nSPS) is 28.5. The Hall–Kier alpha value is -2.25. The zero-order chi connectivity index (χ0) is 64.7. The van der Waals surface area contributed by atoms with E-state index in [0.717, 1.165) is 77.0 Å². The Kier molecular flexibility index (Phi) is 47.4. The minimum atomic E-state index is -1.98. The van der Waals surface area contributed by atoms with Crippen LogP contribution < -0.4 is 5.32 Å². The molecule has 17 unspecified atom stereocenters. The first-order chi connectivity index (χ1) is 43.3. The lowest BCUT2D eigenvalue weighted by Gasteiger charge is -2.48. The molecule has 3 rings (SSSR count). The predicted octanol–water partition coefficient (Wildman–Crippen LogP) is 9.39. The van der Waals surface area contributed by atoms with Gasteiger partial charge in [-0.15, -0.1) is 0 Å². The highest BCUT2D eigenvalue weighted by Crippen LogP contribution is 2.33. The molecule has 89 heavy (non-hydrogen) atoms. The number of hydrogen-bond acceptors (Lipinski definition) is 18. The minimum Gasteiger partial charge on any atom is -0.394 e. The second-order valence-corrected chi connectivity index (χ2v) is 25.3. The molecule has 0 aromatic carbocycles. The van der Waals surface area contributed by atoms with E-state index in [1.807, 2.05) is 0 Å². The summed E-state index contributed by atoms with van der Waals surface area (Å²) in [6.45, 7) is 1.68. The van der Waals surface area contributed by atoms with Gasteiger partial charge in [0, 0.05) is 6.42 Å². The minimum absolute atomic E-state index is 0.237. The molecule has 3 fully saturated rings. The van der Waals surface area contributed by atoms with E-state index in [1.54, 1.807) is 0 Å². The predicted molar refractivity (Wildman–Crippen MR) is 346 cm³/mol. The summed E-state index contributed by atoms with van der Waals surface area (Å²) in [6.07, 6.45) is 34.8. The molecule has 3 saturated heterocycles. The average Bonchev–Trinajstić information content (AvgIpc) is 2.22. The van der Waals surface area contributed by atoms with Gasteiger partial charge in [-0.3, -0.25) is 4.79 Å². The molecule has 3 aliphatic rings. The van der Waals surface area contributed by atoms with Crippen LogP contribution in [0.3, 0.4) is 0 Å². The standard InChI is InChI=1S/C70H127NO18/c1-3-5-7-9-11-13-15-17-19-21-22-23-24-25-26-27-28-29-30-32-33-35-37-39-41-43-45-47-54(75)53(71-58(76)48-46-44-42-40-38-36-34-31-20-18-16-14-12-10-8-6-4-2)52-84-68-64(82)61(79)66(56(50-73)86-68)89-70-65(83)62(80)67(57(51-74)87-70)88-69-63(81)60(78)59(77)55(49-72)85-69/h6,8,12,14,18,20,34,36,53-57,59-70,72-75,77-83H,3-5,7,9-11,13,15-17,19,21-33,35,37-52H2,1-2H3,(H,71,76)/b8-6-,14-12-,20-18-,36-34-. The maximum absolute atomic E-state index is 13.4. The lowest BCUT2D eigenvalue weighted by atomic mass is 9.96. The number of aliphatic hydroxyl groups is 11. The maximum Gasteiger partial charge on any atom is 0.220 e. The number of amides is 1. The summed E-state index contributed by atoms with van der Waals surface area (Å²) in [4.78, 5) is 13.4. The molecule has 0 bridgehead atoms. The monoisotopic (exact) mass is 1270 g/mol. The smallest absolute Gasteiger partial charge is 0.220 e. The Labute approximate surface area is 535 Å². The number of rotatable bonds is 54. The first-order valence-electron chi connectivity index (χ1n) is 35.4. The van der Waals surface area contributed by atoms with Crippen molar-refractivity contribution in [1.29, 1.82) is 0 Å². The molecular weight excluding hydrogens is 1140 g/mol. The fourth-order valence-electron chi connectivity index (χ4n) is 12.0. The van der Waals surface area contributed by atoms with E-state index in [9.17, 15) is 61.0 Å². The fraction of sp³-hybridized carbons (Fsp3) is 0.871. The Bertz CT molecular complexity index is 1800. The van der Waals surface area contributed by atoms with Crippen molar-refractivity contribution in [3.8, 4) is 0 Å². The average molecular weight is 1270 g/mol. The molecule has 0 saturated carbocycles. The molecule has 0 aliphatic carbocycles. The number of nitrogens with one attached hydrogen (secondary N) is 1. The van der Waals surface area contributed by atoms with Crippen LogP contribution in [0.4, 0.5) is 0 Å². The zero-order valence-corrected chi connectivity index (χ0v) is 54.9. The number of unbranched alkanes of at least 4 members (excludes halogenated alkanes) is 30. The summed E-state index contributed by atoms with van der Waals surface area (Å²) in [7, 11) is 0. The molecule has 3 heterocycles. The van der Waals surface area contributed by atoms with E-state index in [-0.39, 0.29) is 18.9 Å². The molecule has 17 atom stereocenters. The van der Waals surface area contributed by atoms with Crippen LogP contribution in [0.25, 0.3) is 0 Å². The molecule has 3 aliphatic heterocycles. The van der Waals surface area contributed by atoms with Crippen molar-refractivity contribution < 1.29 is 89.4 Å². The Morgan fingerprint density at radius 3 is 1.21 bits per heavy atom. The number of carbonyl (C=O) groups is 1. The van der Waals surface area contributed by atoms with Crippen LogP contribution in [0.15, 0.2) is 48.6 Å². The fourth-order valence-corrected chi connectivity index (χ4v) is 12.0. The van der Waals surface area contributed by atoms with Crippen molar-refractivity contribution in [3.63, 3.8) is 0 Å². The molecule has 0 aromatic heterocycles. The first-order valence-corrected chi connectivity index (χ1v) is 35.4. The third-order valence-corrected chi connectivity index (χ3v) is 17.7. The number of allylic oxidation sites excluding steroid dienone is 8. The topological polar surface area (TPSA) is 307 Å². The van der Waals surface area contributed by atoms with E-state index in [1.165, 1.54) is 148 Å². The number of ether oxygens (including phenoxy) is 6. The van der Waals surface area contributed by atoms with Crippen LogP contribution in [0.1, 0.15) is 258 Å². The Morgan fingerprint density at radius 1 is 0.416 bits per heavy atom. The van der Waals surface area contributed by atoms with Crippen molar-refractivity contribution in [1.82, 2.24) is 5.32 Å². The van der Waals surface area contributed by atoms with Gasteiger partial charge in [-0.1, -0.05) is 249 Å². The van der Waals surface area contributed by atoms with Crippen LogP contribution in [0, 0.1) is 0 Å². The molecule has 520 valence electrons. The lowest BCUT2D eigenvalue weighted by molar-refractivity contribution is -0.379. The van der Waals surface area contributed by atoms with Crippen molar-refractivity contribution in [2.75, 3.05) is 26.4 Å². The molecule has 0 aromatic rings. The summed E-state index contributed by atoms with van der Waals surface area (Å²) in [6, 6.07) is -0.903. The van der Waals surface area contributed by atoms with E-state index < -0.39 is 124 Å². The zero-order valence-electron chi connectivity index (χ0n) is 54.9. The van der Waals surface area contributed by atoms with Crippen LogP contribution in [0.2, 0.25) is 0 Å². The van der Waals surface area contributed by atoms with Gasteiger partial charge in [0.05, 0.1) is 38.6 Å². The highest BCUT2D eigenvalue weighted by Gasteiger charge is 2.53. The highest BCUT2D eigenvalue weighted by molar-refractivity contribution is 5.76. The van der Waals surface area contributed by atoms with E-state index in [2.05, 4.69) is 67.8 Å². The summed E-state index contributed by atoms with van der Waals surface area (Å²) in [5.74, 6) is -0.265. The van der Waals surface area contributed by atoms with E-state index >= 15 is 0 Å². The van der Waals surface area contributed by atoms with Gasteiger partial charge >= 0.3 is 0 Å². The van der Waals surface area contributed by atoms with Crippen LogP contribution in [-0.2, 0) is 33.2 Å². The second-order valence-electron chi connectivity index (χ2n) is 25.3. The second kappa shape index (κ2) is 52.1. The highest BCUT2D eigenvalue weighted by atomic mass is 16.8. The number of aliphatic hydroxyl groups excluding tert-OH is 11. The van der Waals surface area contributed by atoms with Gasteiger partial charge in [-0.05, 0) is 51.4 Å². The Morgan fingerprint density at radius 2 is 0.775 bits per heavy atom. The molecule has 19 nitrogen and oxygen atoms in total. The summed E-state index contributed by atoms with van der Waals surface area (Å²) >= 11 is 0. The largest absolute Gasteiger partial charge is 0.394 e. The van der Waals surface area contributed by atoms with Gasteiger partial charge in [0.15, 0.2) is 18.9 Å². The summed E-state index contributed by atoms with van der Waals surface area (Å²) in [5.41, 5.74) is 0. The molecule has 0 radical (unpaired) electrons. The number of hydrogen-bond donors (Lipinski definition) is 12. The van der Waals surface area contributed by atoms with Crippen LogP contribution >= 0.6 is 0 Å². The van der Waals surface area contributed by atoms with Gasteiger partial charge in [-0.2, -0.15) is 0 Å². The van der Waals surface area contributed by atoms with Crippen molar-refractivity contribution >= 4 is 5.91 Å². The quantitative estimate of drug-likeness (QED) is 0.0199. The van der Waals surface area contributed by atoms with Gasteiger partial charge in [0.1, 0.15) is 73.2 Å². The van der Waals surface area contributed by atoms with Crippen molar-refractivity contribution in [2.45, 2.75) is 362 Å². The summed E-state index contributed by atoms with van der Waals surface area (Å²) < 4.78 is 34.4. The molecule has 12 N–H and O–H groups in total. The third-order valence-electron chi connectivity index (χ3n) is 17.7. The number of carbonyl (C=O) groups excluding carboxylic acids is 1. The first kappa shape index (κ1) is 81.0. The van der Waals surface area contributed by atoms with Crippen LogP contribution in [-0.4, -0.2) is 193 Å². The van der Waals surface area contributed by atoms with Gasteiger partial charge in [-0.25, -0.2) is 0 Å². The van der Waals surface area contributed by atoms with E-state index in [4.69, 9.17) is 28.4 Å². The van der Waals surface area contributed by atoms with Gasteiger partial charge < -0.3 is 89.9 Å². The third kappa shape index (κ3) is 34.1. The lowest BCUT2D eigenvalue weighted by Crippen LogP contribution is -2.66. The van der Waals surface area contributed by atoms with Gasteiger partial charge in [0.2, 0.25) is 5.91 Å². The Balaban J connectivity index is 1.42. The maximum atomic E-state index is 13.4. The van der Waals surface area contributed by atoms with Gasteiger partial charge in [0.25, 0.3) is 0 Å². The van der Waals surface area contributed by atoms with E-state index in [0.29, 0.717) is 12.8 Å². The van der Waals surface area contributed by atoms with Crippen LogP contribution in [0.5, 0.6) is 0 Å². The molecule has 1 amide bonds. The molecule has 0 spiro atoms. The van der Waals surface area contributed by atoms with Crippen molar-refractivity contribution in [2.24, 2.45) is 0 Å². The summed E-state index contributed by atoms with van der Waals surface area (Å²) in [5, 5.41) is 121. The SMILES string of the molecule is CC/C=C\C/C=C\C/C=C\C/C=C\CCCCCCC(=O)NC(COC1OC(CO)C(OC2OC(CO)C(OC3OC(CO)C(O)C(O)C3O)C(O)C2O)C(O)C1O)C(O)CCCCCCCCCCCCCCCCCCCCCCCCCCCCC. The molecular formula is C70H127NO18. The molecule has 19 heteroatoms. The van der Waals surface area contributed by atoms with Crippen molar-refractivity contribution in [3.05, 3.63) is 48.6 Å².